The van der Waals surface area contributed by atoms with Crippen molar-refractivity contribution in [1.29, 1.82) is 0 Å². The molecule has 0 aliphatic carbocycles. The zero-order valence-electron chi connectivity index (χ0n) is 22.0. The molecule has 0 saturated heterocycles. The minimum atomic E-state index is 0.138. The highest BCUT2D eigenvalue weighted by Crippen LogP contribution is 2.37. The summed E-state index contributed by atoms with van der Waals surface area (Å²) in [5.41, 5.74) is 9.13. The van der Waals surface area contributed by atoms with Crippen molar-refractivity contribution in [2.45, 2.75) is 118 Å². The van der Waals surface area contributed by atoms with Crippen LogP contribution < -0.4 is 0 Å². The molecule has 0 atom stereocenters. The first-order valence-electron chi connectivity index (χ1n) is 11.6. The van der Waals surface area contributed by atoms with Crippen LogP contribution in [-0.2, 0) is 21.7 Å². The first kappa shape index (κ1) is 24.7. The van der Waals surface area contributed by atoms with Crippen molar-refractivity contribution in [2.75, 3.05) is 0 Å². The van der Waals surface area contributed by atoms with E-state index in [4.69, 9.17) is 0 Å². The van der Waals surface area contributed by atoms with Crippen LogP contribution in [0.1, 0.15) is 129 Å². The van der Waals surface area contributed by atoms with Crippen molar-refractivity contribution in [2.24, 2.45) is 0 Å². The van der Waals surface area contributed by atoms with Crippen molar-refractivity contribution in [3.63, 3.8) is 0 Å². The molecule has 0 nitrogen and oxygen atoms in total. The number of hydrogen-bond acceptors (Lipinski definition) is 0. The van der Waals surface area contributed by atoms with Gasteiger partial charge in [-0.2, -0.15) is 0 Å². The van der Waals surface area contributed by atoms with Crippen LogP contribution in [0.3, 0.4) is 0 Å². The first-order valence-corrected chi connectivity index (χ1v) is 11.6. The van der Waals surface area contributed by atoms with E-state index in [1.54, 1.807) is 0 Å². The fraction of sp³-hybridized carbons (Fsp3) is 0.600. The zero-order chi connectivity index (χ0) is 23.3. The monoisotopic (exact) mass is 406 g/mol. The van der Waals surface area contributed by atoms with Gasteiger partial charge in [0.15, 0.2) is 0 Å². The minimum Gasteiger partial charge on any atom is -0.0561 e. The molecule has 0 heteroatoms. The Balaban J connectivity index is 2.72. The fourth-order valence-corrected chi connectivity index (χ4v) is 3.73. The third-order valence-electron chi connectivity index (χ3n) is 6.37. The quantitative estimate of drug-likeness (QED) is 0.466. The highest BCUT2D eigenvalue weighted by Gasteiger charge is 2.25. The maximum absolute atomic E-state index is 2.44. The second kappa shape index (κ2) is 7.85. The Morgan fingerprint density at radius 1 is 0.400 bits per heavy atom. The molecule has 0 aromatic heterocycles. The van der Waals surface area contributed by atoms with E-state index in [2.05, 4.69) is 126 Å². The van der Waals surface area contributed by atoms with Crippen molar-refractivity contribution in [3.8, 4) is 0 Å². The maximum Gasteiger partial charge on any atom is 0.00614 e. The summed E-state index contributed by atoms with van der Waals surface area (Å²) in [5, 5.41) is 0. The molecule has 0 radical (unpaired) electrons. The molecule has 0 aliphatic rings. The summed E-state index contributed by atoms with van der Waals surface area (Å²) in [6, 6.07) is 14.6. The molecule has 2 aromatic carbocycles. The lowest BCUT2D eigenvalue weighted by atomic mass is 9.75. The van der Waals surface area contributed by atoms with Crippen LogP contribution >= 0.6 is 0 Å². The van der Waals surface area contributed by atoms with Crippen LogP contribution in [-0.4, -0.2) is 0 Å². The van der Waals surface area contributed by atoms with Gasteiger partial charge in [0.05, 0.1) is 0 Å². The fourth-order valence-electron chi connectivity index (χ4n) is 3.73. The Bertz CT molecular complexity index is 744. The molecule has 0 bridgehead atoms. The van der Waals surface area contributed by atoms with Gasteiger partial charge < -0.3 is 0 Å². The van der Waals surface area contributed by atoms with Gasteiger partial charge >= 0.3 is 0 Å². The van der Waals surface area contributed by atoms with E-state index in [9.17, 15) is 0 Å². The van der Waals surface area contributed by atoms with Gasteiger partial charge in [0.2, 0.25) is 0 Å². The molecular weight excluding hydrogens is 360 g/mol. The summed E-state index contributed by atoms with van der Waals surface area (Å²) in [4.78, 5) is 0. The van der Waals surface area contributed by atoms with Gasteiger partial charge in [0, 0.05) is 5.92 Å². The van der Waals surface area contributed by atoms with Crippen LogP contribution in [0.25, 0.3) is 0 Å². The highest BCUT2D eigenvalue weighted by molar-refractivity contribution is 5.45. The van der Waals surface area contributed by atoms with Crippen LogP contribution in [0.5, 0.6) is 0 Å². The van der Waals surface area contributed by atoms with Crippen LogP contribution in [0, 0.1) is 0 Å². The molecule has 0 amide bonds. The van der Waals surface area contributed by atoms with Gasteiger partial charge in [-0.05, 0) is 55.0 Å². The minimum absolute atomic E-state index is 0.138. The molecule has 0 fully saturated rings. The summed E-state index contributed by atoms with van der Waals surface area (Å²) >= 11 is 0. The topological polar surface area (TPSA) is 0 Å². The van der Waals surface area contributed by atoms with E-state index < -0.39 is 0 Å². The van der Waals surface area contributed by atoms with Crippen molar-refractivity contribution >= 4 is 0 Å². The smallest absolute Gasteiger partial charge is 0.00614 e. The summed E-state index contributed by atoms with van der Waals surface area (Å²) in [7, 11) is 0. The van der Waals surface area contributed by atoms with Crippen molar-refractivity contribution in [3.05, 3.63) is 69.8 Å². The number of benzene rings is 2. The summed E-state index contributed by atoms with van der Waals surface area (Å²) in [5.74, 6) is 0.358. The normalized spacial score (nSPS) is 13.8. The Hall–Kier alpha value is -1.56. The summed E-state index contributed by atoms with van der Waals surface area (Å²) in [6.45, 7) is 30.2. The van der Waals surface area contributed by atoms with E-state index in [0.717, 1.165) is 0 Å². The standard InChI is InChI=1S/C30H46/c1-20(21-14-23(27(2,3)4)18-24(15-21)28(5,6)7)22-16-25(29(8,9)10)19-26(17-22)30(11,12)13/h14-20H,1-13H3. The molecule has 166 valence electrons. The molecule has 30 heavy (non-hydrogen) atoms. The van der Waals surface area contributed by atoms with Crippen LogP contribution in [0.2, 0.25) is 0 Å². The molecule has 0 unspecified atom stereocenters. The van der Waals surface area contributed by atoms with Crippen LogP contribution in [0.4, 0.5) is 0 Å². The third-order valence-corrected chi connectivity index (χ3v) is 6.37. The summed E-state index contributed by atoms with van der Waals surface area (Å²) < 4.78 is 0. The first-order chi connectivity index (χ1) is 13.3. The van der Waals surface area contributed by atoms with Gasteiger partial charge in [-0.1, -0.05) is 126 Å². The average molecular weight is 407 g/mol. The molecule has 0 heterocycles. The molecular formula is C30H46. The van der Waals surface area contributed by atoms with Gasteiger partial charge in [0.25, 0.3) is 0 Å². The van der Waals surface area contributed by atoms with E-state index in [-0.39, 0.29) is 21.7 Å². The van der Waals surface area contributed by atoms with Crippen LogP contribution in [0.15, 0.2) is 36.4 Å². The largest absolute Gasteiger partial charge is 0.0561 e. The SMILES string of the molecule is CC(c1cc(C(C)(C)C)cc(C(C)(C)C)c1)c1cc(C(C)(C)C)cc(C(C)(C)C)c1. The molecule has 0 saturated carbocycles. The third kappa shape index (κ3) is 5.77. The molecule has 2 rings (SSSR count). The van der Waals surface area contributed by atoms with Crippen molar-refractivity contribution in [1.82, 2.24) is 0 Å². The van der Waals surface area contributed by atoms with Crippen molar-refractivity contribution < 1.29 is 0 Å². The van der Waals surface area contributed by atoms with E-state index >= 15 is 0 Å². The Morgan fingerprint density at radius 2 is 0.600 bits per heavy atom. The lowest BCUT2D eigenvalue weighted by Crippen LogP contribution is -2.19. The molecule has 0 aliphatic heterocycles. The Kier molecular flexibility index (Phi) is 6.46. The Morgan fingerprint density at radius 3 is 0.767 bits per heavy atom. The maximum atomic E-state index is 2.44. The number of hydrogen-bond donors (Lipinski definition) is 0. The molecule has 0 spiro atoms. The van der Waals surface area contributed by atoms with Gasteiger partial charge in [-0.3, -0.25) is 0 Å². The number of rotatable bonds is 2. The lowest BCUT2D eigenvalue weighted by Gasteiger charge is -2.29. The average Bonchev–Trinajstić information content (AvgIpc) is 2.57. The second-order valence-corrected chi connectivity index (χ2v) is 13.4. The second-order valence-electron chi connectivity index (χ2n) is 13.4. The summed E-state index contributed by atoms with van der Waals surface area (Å²) in [6.07, 6.45) is 0. The Labute approximate surface area is 187 Å². The van der Waals surface area contributed by atoms with E-state index in [1.165, 1.54) is 33.4 Å². The van der Waals surface area contributed by atoms with E-state index in [1.807, 2.05) is 0 Å². The van der Waals surface area contributed by atoms with Gasteiger partial charge in [-0.15, -0.1) is 0 Å². The zero-order valence-corrected chi connectivity index (χ0v) is 22.0. The molecule has 0 N–H and O–H groups in total. The van der Waals surface area contributed by atoms with E-state index in [0.29, 0.717) is 5.92 Å². The van der Waals surface area contributed by atoms with Gasteiger partial charge in [-0.25, -0.2) is 0 Å². The predicted molar refractivity (Wildman–Crippen MR) is 135 cm³/mol. The predicted octanol–water partition coefficient (Wildman–Crippen LogP) is 9.03. The lowest BCUT2D eigenvalue weighted by molar-refractivity contribution is 0.564. The molecule has 2 aromatic rings. The van der Waals surface area contributed by atoms with Gasteiger partial charge in [0.1, 0.15) is 0 Å². The highest BCUT2D eigenvalue weighted by atomic mass is 14.3.